The molecule has 12 heteroatoms. The van der Waals surface area contributed by atoms with Crippen LogP contribution in [0.5, 0.6) is 0 Å². The van der Waals surface area contributed by atoms with Crippen LogP contribution in [0, 0.1) is 11.6 Å². The van der Waals surface area contributed by atoms with Gasteiger partial charge >= 0.3 is 5.97 Å². The monoisotopic (exact) mass is 525 g/mol. The Kier molecular flexibility index (Phi) is 7.48. The van der Waals surface area contributed by atoms with E-state index in [-0.39, 0.29) is 29.3 Å². The Balaban J connectivity index is 1.50. The number of sulfonamides is 1. The van der Waals surface area contributed by atoms with Crippen molar-refractivity contribution in [3.05, 3.63) is 64.5 Å². The summed E-state index contributed by atoms with van der Waals surface area (Å²) in [6.45, 7) is 0. The summed E-state index contributed by atoms with van der Waals surface area (Å²) in [5.74, 6) is -2.25. The standard InChI is InChI=1S/C23H22ClF2N3O5S/c24-17-12-15(7-9-18(17)25)35(32,33)29-20(23(30)31)11-13-6-8-16(19(26)10-13)21-27-22(34-28-21)14-4-2-1-3-5-14/h6-10,12,14,20,29H,1-5,11H2,(H,30,31). The highest BCUT2D eigenvalue weighted by atomic mass is 35.5. The molecule has 1 heterocycles. The number of carboxylic acid groups (broad SMARTS) is 1. The molecule has 1 unspecified atom stereocenters. The predicted octanol–water partition coefficient (Wildman–Crippen LogP) is 4.69. The second-order valence-corrected chi connectivity index (χ2v) is 10.5. The number of hydrogen-bond acceptors (Lipinski definition) is 6. The molecule has 1 saturated carbocycles. The maximum atomic E-state index is 14.9. The summed E-state index contributed by atoms with van der Waals surface area (Å²) in [5, 5.41) is 13.0. The van der Waals surface area contributed by atoms with E-state index in [9.17, 15) is 27.1 Å². The van der Waals surface area contributed by atoms with Crippen LogP contribution >= 0.6 is 11.6 Å². The van der Waals surface area contributed by atoms with Gasteiger partial charge in [0.2, 0.25) is 21.7 Å². The first-order valence-electron chi connectivity index (χ1n) is 11.0. The van der Waals surface area contributed by atoms with Gasteiger partial charge in [0.25, 0.3) is 0 Å². The van der Waals surface area contributed by atoms with Gasteiger partial charge in [-0.15, -0.1) is 0 Å². The minimum absolute atomic E-state index is 0.0907. The number of halogens is 3. The van der Waals surface area contributed by atoms with Gasteiger partial charge in [0.15, 0.2) is 0 Å². The van der Waals surface area contributed by atoms with Crippen LogP contribution in [0.2, 0.25) is 5.02 Å². The summed E-state index contributed by atoms with van der Waals surface area (Å²) in [4.78, 5) is 15.7. The van der Waals surface area contributed by atoms with Crippen molar-refractivity contribution < 1.29 is 31.6 Å². The molecule has 8 nitrogen and oxygen atoms in total. The van der Waals surface area contributed by atoms with Crippen molar-refractivity contribution in [3.63, 3.8) is 0 Å². The van der Waals surface area contributed by atoms with Crippen LogP contribution in [0.4, 0.5) is 8.78 Å². The zero-order chi connectivity index (χ0) is 25.2. The smallest absolute Gasteiger partial charge is 0.322 e. The number of aromatic nitrogens is 2. The van der Waals surface area contributed by atoms with E-state index in [0.717, 1.165) is 49.9 Å². The molecule has 1 fully saturated rings. The van der Waals surface area contributed by atoms with E-state index < -0.39 is 43.6 Å². The van der Waals surface area contributed by atoms with E-state index in [1.807, 2.05) is 4.72 Å². The lowest BCUT2D eigenvalue weighted by atomic mass is 9.89. The molecule has 3 aromatic rings. The fourth-order valence-corrected chi connectivity index (χ4v) is 5.50. The SMILES string of the molecule is O=C(O)C(Cc1ccc(-c2noc(C3CCCCC3)n2)c(F)c1)NS(=O)(=O)c1ccc(F)c(Cl)c1. The average Bonchev–Trinajstić information content (AvgIpc) is 3.31. The number of hydrogen-bond donors (Lipinski definition) is 2. The lowest BCUT2D eigenvalue weighted by Gasteiger charge is -2.17. The molecule has 0 saturated heterocycles. The molecule has 186 valence electrons. The van der Waals surface area contributed by atoms with Crippen molar-refractivity contribution in [1.29, 1.82) is 0 Å². The lowest BCUT2D eigenvalue weighted by Crippen LogP contribution is -2.42. The fraction of sp³-hybridized carbons (Fsp3) is 0.348. The molecule has 0 spiro atoms. The van der Waals surface area contributed by atoms with Crippen molar-refractivity contribution >= 4 is 27.6 Å². The summed E-state index contributed by atoms with van der Waals surface area (Å²) < 4.78 is 60.8. The van der Waals surface area contributed by atoms with Crippen LogP contribution in [-0.2, 0) is 21.2 Å². The molecule has 0 bridgehead atoms. The Bertz CT molecular complexity index is 1340. The number of benzene rings is 2. The third-order valence-corrected chi connectivity index (χ3v) is 7.67. The van der Waals surface area contributed by atoms with Gasteiger partial charge in [0.1, 0.15) is 17.7 Å². The first-order valence-corrected chi connectivity index (χ1v) is 12.8. The fourth-order valence-electron chi connectivity index (χ4n) is 4.04. The maximum absolute atomic E-state index is 14.9. The molecule has 2 N–H and O–H groups in total. The van der Waals surface area contributed by atoms with E-state index in [0.29, 0.717) is 5.89 Å². The quantitative estimate of drug-likeness (QED) is 0.437. The third kappa shape index (κ3) is 5.85. The Morgan fingerprint density at radius 3 is 2.54 bits per heavy atom. The molecule has 0 aliphatic heterocycles. The minimum Gasteiger partial charge on any atom is -0.480 e. The van der Waals surface area contributed by atoms with Crippen molar-refractivity contribution in [3.8, 4) is 11.4 Å². The topological polar surface area (TPSA) is 122 Å². The maximum Gasteiger partial charge on any atom is 0.322 e. The predicted molar refractivity (Wildman–Crippen MR) is 122 cm³/mol. The zero-order valence-corrected chi connectivity index (χ0v) is 20.0. The highest BCUT2D eigenvalue weighted by Gasteiger charge is 2.27. The minimum atomic E-state index is -4.34. The summed E-state index contributed by atoms with van der Waals surface area (Å²) in [6, 6.07) is 5.05. The number of rotatable bonds is 8. The third-order valence-electron chi connectivity index (χ3n) is 5.91. The van der Waals surface area contributed by atoms with E-state index in [2.05, 4.69) is 10.1 Å². The van der Waals surface area contributed by atoms with Crippen LogP contribution in [0.25, 0.3) is 11.4 Å². The Hall–Kier alpha value is -2.89. The first-order chi connectivity index (χ1) is 16.6. The summed E-state index contributed by atoms with van der Waals surface area (Å²) in [6.07, 6.45) is 4.86. The Labute approximate surface area is 205 Å². The van der Waals surface area contributed by atoms with Gasteiger partial charge in [0.05, 0.1) is 15.5 Å². The highest BCUT2D eigenvalue weighted by Crippen LogP contribution is 2.33. The summed E-state index contributed by atoms with van der Waals surface area (Å²) in [7, 11) is -4.34. The van der Waals surface area contributed by atoms with Gasteiger partial charge in [-0.1, -0.05) is 42.1 Å². The van der Waals surface area contributed by atoms with E-state index in [1.54, 1.807) is 0 Å². The molecule has 1 aliphatic carbocycles. The van der Waals surface area contributed by atoms with Crippen molar-refractivity contribution in [2.24, 2.45) is 0 Å². The summed E-state index contributed by atoms with van der Waals surface area (Å²) in [5.41, 5.74) is 0.322. The number of aliphatic carboxylic acids is 1. The first kappa shape index (κ1) is 25.2. The second-order valence-electron chi connectivity index (χ2n) is 8.40. The molecule has 1 aromatic heterocycles. The zero-order valence-electron chi connectivity index (χ0n) is 18.4. The Morgan fingerprint density at radius 2 is 1.89 bits per heavy atom. The molecular formula is C23H22ClF2N3O5S. The van der Waals surface area contributed by atoms with Crippen molar-refractivity contribution in [1.82, 2.24) is 14.9 Å². The van der Waals surface area contributed by atoms with E-state index in [4.69, 9.17) is 16.1 Å². The van der Waals surface area contributed by atoms with Gasteiger partial charge in [-0.3, -0.25) is 4.79 Å². The van der Waals surface area contributed by atoms with Gasteiger partial charge in [-0.2, -0.15) is 9.71 Å². The van der Waals surface area contributed by atoms with Gasteiger partial charge < -0.3 is 9.63 Å². The van der Waals surface area contributed by atoms with Crippen LogP contribution in [0.15, 0.2) is 45.8 Å². The average molecular weight is 526 g/mol. The largest absolute Gasteiger partial charge is 0.480 e. The molecule has 35 heavy (non-hydrogen) atoms. The normalized spacial score (nSPS) is 15.7. The van der Waals surface area contributed by atoms with Gasteiger partial charge in [0, 0.05) is 5.92 Å². The second kappa shape index (κ2) is 10.4. The highest BCUT2D eigenvalue weighted by molar-refractivity contribution is 7.89. The molecule has 1 atom stereocenters. The number of carbonyl (C=O) groups is 1. The van der Waals surface area contributed by atoms with Crippen molar-refractivity contribution in [2.75, 3.05) is 0 Å². The van der Waals surface area contributed by atoms with Crippen molar-refractivity contribution in [2.45, 2.75) is 55.4 Å². The lowest BCUT2D eigenvalue weighted by molar-refractivity contribution is -0.138. The number of carboxylic acids is 1. The van der Waals surface area contributed by atoms with Crippen LogP contribution in [-0.4, -0.2) is 35.7 Å². The molecule has 1 aliphatic rings. The van der Waals surface area contributed by atoms with Gasteiger partial charge in [-0.25, -0.2) is 17.2 Å². The Morgan fingerprint density at radius 1 is 1.14 bits per heavy atom. The van der Waals surface area contributed by atoms with Crippen LogP contribution in [0.3, 0.4) is 0 Å². The van der Waals surface area contributed by atoms with Crippen LogP contribution in [0.1, 0.15) is 49.5 Å². The number of nitrogens with one attached hydrogen (secondary N) is 1. The number of nitrogens with zero attached hydrogens (tertiary/aromatic N) is 2. The van der Waals surface area contributed by atoms with Crippen LogP contribution < -0.4 is 4.72 Å². The molecule has 0 radical (unpaired) electrons. The molecular weight excluding hydrogens is 504 g/mol. The molecule has 2 aromatic carbocycles. The molecule has 4 rings (SSSR count). The van der Waals surface area contributed by atoms with E-state index >= 15 is 0 Å². The van der Waals surface area contributed by atoms with Gasteiger partial charge in [-0.05, 0) is 55.2 Å². The summed E-state index contributed by atoms with van der Waals surface area (Å²) >= 11 is 5.63. The molecule has 0 amide bonds. The van der Waals surface area contributed by atoms with E-state index in [1.165, 1.54) is 18.6 Å².